The fourth-order valence-electron chi connectivity index (χ4n) is 2.31. The van der Waals surface area contributed by atoms with Gasteiger partial charge in [-0.3, -0.25) is 0 Å². The van der Waals surface area contributed by atoms with Crippen molar-refractivity contribution >= 4 is 0 Å². The molecule has 1 aliphatic carbocycles. The van der Waals surface area contributed by atoms with Crippen LogP contribution in [0.4, 0.5) is 0 Å². The second-order valence-corrected chi connectivity index (χ2v) is 4.46. The van der Waals surface area contributed by atoms with Gasteiger partial charge in [0.1, 0.15) is 0 Å². The highest BCUT2D eigenvalue weighted by molar-refractivity contribution is 5.03. The van der Waals surface area contributed by atoms with Crippen LogP contribution < -0.4 is 5.32 Å². The van der Waals surface area contributed by atoms with Crippen LogP contribution in [0.25, 0.3) is 0 Å². The molecule has 0 aromatic heterocycles. The lowest BCUT2D eigenvalue weighted by Gasteiger charge is -2.28. The van der Waals surface area contributed by atoms with Crippen molar-refractivity contribution in [1.82, 2.24) is 5.32 Å². The van der Waals surface area contributed by atoms with E-state index in [4.69, 9.17) is 0 Å². The van der Waals surface area contributed by atoms with Crippen molar-refractivity contribution in [2.24, 2.45) is 5.92 Å². The molecule has 1 fully saturated rings. The summed E-state index contributed by atoms with van der Waals surface area (Å²) < 4.78 is 0. The minimum atomic E-state index is 0.616. The van der Waals surface area contributed by atoms with Crippen LogP contribution in [0.5, 0.6) is 0 Å². The van der Waals surface area contributed by atoms with Gasteiger partial charge in [0.15, 0.2) is 0 Å². The molecule has 1 rings (SSSR count). The molecule has 76 valence electrons. The monoisotopic (exact) mass is 181 g/mol. The average Bonchev–Trinajstić information content (AvgIpc) is 2.15. The molecule has 0 heterocycles. The summed E-state index contributed by atoms with van der Waals surface area (Å²) in [6.07, 6.45) is 9.52. The first kappa shape index (κ1) is 10.8. The summed E-state index contributed by atoms with van der Waals surface area (Å²) in [6, 6.07) is 0.616. The molecule has 0 aromatic rings. The standard InChI is InChI=1S/C12H23N/c1-10(2)9-12(13-3)11-7-5-4-6-8-11/h9,11-13H,4-8H2,1-3H3. The molecule has 1 nitrogen and oxygen atoms in total. The maximum absolute atomic E-state index is 3.43. The Morgan fingerprint density at radius 2 is 1.85 bits per heavy atom. The normalized spacial score (nSPS) is 21.2. The fraction of sp³-hybridized carbons (Fsp3) is 0.833. The molecular weight excluding hydrogens is 158 g/mol. The first-order chi connectivity index (χ1) is 6.24. The van der Waals surface area contributed by atoms with Crippen LogP contribution >= 0.6 is 0 Å². The molecule has 1 unspecified atom stereocenters. The number of likely N-dealkylation sites (N-methyl/N-ethyl adjacent to an activating group) is 1. The summed E-state index contributed by atoms with van der Waals surface area (Å²) in [5.41, 5.74) is 1.44. The zero-order chi connectivity index (χ0) is 9.68. The first-order valence-electron chi connectivity index (χ1n) is 5.56. The topological polar surface area (TPSA) is 12.0 Å². The second kappa shape index (κ2) is 5.43. The Balaban J connectivity index is 2.49. The van der Waals surface area contributed by atoms with Crippen LogP contribution in [0.2, 0.25) is 0 Å². The maximum Gasteiger partial charge on any atom is 0.0277 e. The molecule has 0 spiro atoms. The molecule has 1 heteroatoms. The molecule has 0 aromatic carbocycles. The predicted octanol–water partition coefficient (Wildman–Crippen LogP) is 3.12. The van der Waals surface area contributed by atoms with Gasteiger partial charge in [-0.25, -0.2) is 0 Å². The SMILES string of the molecule is CNC(C=C(C)C)C1CCCCC1. The Bertz CT molecular complexity index is 162. The van der Waals surface area contributed by atoms with E-state index in [1.165, 1.54) is 37.7 Å². The molecule has 13 heavy (non-hydrogen) atoms. The van der Waals surface area contributed by atoms with Crippen LogP contribution in [0.3, 0.4) is 0 Å². The van der Waals surface area contributed by atoms with Crippen molar-refractivity contribution in [1.29, 1.82) is 0 Å². The zero-order valence-electron chi connectivity index (χ0n) is 9.27. The second-order valence-electron chi connectivity index (χ2n) is 4.46. The van der Waals surface area contributed by atoms with Crippen LogP contribution in [-0.2, 0) is 0 Å². The number of allylic oxidation sites excluding steroid dienone is 1. The third kappa shape index (κ3) is 3.51. The summed E-state index contributed by atoms with van der Waals surface area (Å²) in [4.78, 5) is 0. The van der Waals surface area contributed by atoms with Crippen LogP contribution in [0.15, 0.2) is 11.6 Å². The zero-order valence-corrected chi connectivity index (χ0v) is 9.27. The number of hydrogen-bond acceptors (Lipinski definition) is 1. The molecule has 0 saturated heterocycles. The molecule has 0 amide bonds. The smallest absolute Gasteiger partial charge is 0.0277 e. The van der Waals surface area contributed by atoms with E-state index in [0.29, 0.717) is 6.04 Å². The van der Waals surface area contributed by atoms with Crippen LogP contribution in [0.1, 0.15) is 46.0 Å². The summed E-state index contributed by atoms with van der Waals surface area (Å²) in [7, 11) is 2.08. The highest BCUT2D eigenvalue weighted by atomic mass is 14.9. The number of rotatable bonds is 3. The van der Waals surface area contributed by atoms with Gasteiger partial charge in [-0.05, 0) is 39.7 Å². The van der Waals surface area contributed by atoms with E-state index in [2.05, 4.69) is 32.3 Å². The lowest BCUT2D eigenvalue weighted by atomic mass is 9.83. The van der Waals surface area contributed by atoms with E-state index >= 15 is 0 Å². The summed E-state index contributed by atoms with van der Waals surface area (Å²) >= 11 is 0. The van der Waals surface area contributed by atoms with Gasteiger partial charge >= 0.3 is 0 Å². The van der Waals surface area contributed by atoms with Gasteiger partial charge in [0.25, 0.3) is 0 Å². The number of hydrogen-bond donors (Lipinski definition) is 1. The van der Waals surface area contributed by atoms with Crippen molar-refractivity contribution < 1.29 is 0 Å². The van der Waals surface area contributed by atoms with Crippen molar-refractivity contribution in [3.05, 3.63) is 11.6 Å². The van der Waals surface area contributed by atoms with Gasteiger partial charge in [-0.2, -0.15) is 0 Å². The molecule has 0 aliphatic heterocycles. The summed E-state index contributed by atoms with van der Waals surface area (Å²) in [6.45, 7) is 4.38. The molecular formula is C12H23N. The Hall–Kier alpha value is -0.300. The van der Waals surface area contributed by atoms with E-state index in [0.717, 1.165) is 5.92 Å². The van der Waals surface area contributed by atoms with E-state index in [9.17, 15) is 0 Å². The van der Waals surface area contributed by atoms with Crippen molar-refractivity contribution in [2.75, 3.05) is 7.05 Å². The minimum Gasteiger partial charge on any atom is -0.313 e. The van der Waals surface area contributed by atoms with Crippen LogP contribution in [0, 0.1) is 5.92 Å². The van der Waals surface area contributed by atoms with Crippen molar-refractivity contribution in [3.8, 4) is 0 Å². The van der Waals surface area contributed by atoms with E-state index < -0.39 is 0 Å². The first-order valence-corrected chi connectivity index (χ1v) is 5.56. The largest absolute Gasteiger partial charge is 0.313 e. The van der Waals surface area contributed by atoms with Gasteiger partial charge in [-0.1, -0.05) is 30.9 Å². The van der Waals surface area contributed by atoms with Gasteiger partial charge in [0.2, 0.25) is 0 Å². The lowest BCUT2D eigenvalue weighted by Crippen LogP contribution is -2.33. The molecule has 1 saturated carbocycles. The summed E-state index contributed by atoms with van der Waals surface area (Å²) in [5.74, 6) is 0.883. The Morgan fingerprint density at radius 1 is 1.23 bits per heavy atom. The molecule has 1 atom stereocenters. The molecule has 1 aliphatic rings. The predicted molar refractivity (Wildman–Crippen MR) is 58.9 cm³/mol. The fourth-order valence-corrected chi connectivity index (χ4v) is 2.31. The molecule has 0 radical (unpaired) electrons. The van der Waals surface area contributed by atoms with E-state index in [1.807, 2.05) is 0 Å². The third-order valence-corrected chi connectivity index (χ3v) is 3.00. The van der Waals surface area contributed by atoms with Gasteiger partial charge < -0.3 is 5.32 Å². The van der Waals surface area contributed by atoms with E-state index in [1.54, 1.807) is 0 Å². The highest BCUT2D eigenvalue weighted by Crippen LogP contribution is 2.27. The van der Waals surface area contributed by atoms with E-state index in [-0.39, 0.29) is 0 Å². The van der Waals surface area contributed by atoms with Crippen molar-refractivity contribution in [2.45, 2.75) is 52.0 Å². The minimum absolute atomic E-state index is 0.616. The maximum atomic E-state index is 3.43. The molecule has 1 N–H and O–H groups in total. The molecule has 0 bridgehead atoms. The Kier molecular flexibility index (Phi) is 4.51. The third-order valence-electron chi connectivity index (χ3n) is 3.00. The van der Waals surface area contributed by atoms with Crippen LogP contribution in [-0.4, -0.2) is 13.1 Å². The lowest BCUT2D eigenvalue weighted by molar-refractivity contribution is 0.309. The van der Waals surface area contributed by atoms with Gasteiger partial charge in [0.05, 0.1) is 0 Å². The Labute approximate surface area is 82.6 Å². The highest BCUT2D eigenvalue weighted by Gasteiger charge is 2.20. The summed E-state index contributed by atoms with van der Waals surface area (Å²) in [5, 5.41) is 3.43. The Morgan fingerprint density at radius 3 is 2.31 bits per heavy atom. The number of nitrogens with one attached hydrogen (secondary N) is 1. The quantitative estimate of drug-likeness (QED) is 0.660. The van der Waals surface area contributed by atoms with Gasteiger partial charge in [-0.15, -0.1) is 0 Å². The average molecular weight is 181 g/mol. The van der Waals surface area contributed by atoms with Gasteiger partial charge in [0, 0.05) is 6.04 Å². The van der Waals surface area contributed by atoms with Crippen molar-refractivity contribution in [3.63, 3.8) is 0 Å².